The Hall–Kier alpha value is -2.38. The van der Waals surface area contributed by atoms with Crippen molar-refractivity contribution in [1.29, 1.82) is 0 Å². The lowest BCUT2D eigenvalue weighted by Crippen LogP contribution is -2.46. The highest BCUT2D eigenvalue weighted by molar-refractivity contribution is 7.10. The summed E-state index contributed by atoms with van der Waals surface area (Å²) in [4.78, 5) is 25.6. The summed E-state index contributed by atoms with van der Waals surface area (Å²) < 4.78 is 10.5. The predicted molar refractivity (Wildman–Crippen MR) is 101 cm³/mol. The van der Waals surface area contributed by atoms with Crippen molar-refractivity contribution in [2.24, 2.45) is 0 Å². The quantitative estimate of drug-likeness (QED) is 0.789. The zero-order valence-corrected chi connectivity index (χ0v) is 15.4. The monoisotopic (exact) mass is 374 g/mol. The van der Waals surface area contributed by atoms with Crippen molar-refractivity contribution in [3.8, 4) is 5.75 Å². The van der Waals surface area contributed by atoms with Gasteiger partial charge in [-0.2, -0.15) is 0 Å². The van der Waals surface area contributed by atoms with Gasteiger partial charge in [0, 0.05) is 35.7 Å². The predicted octanol–water partition coefficient (Wildman–Crippen LogP) is 2.56. The van der Waals surface area contributed by atoms with E-state index in [1.54, 1.807) is 42.7 Å². The fraction of sp³-hybridized carbons (Fsp3) is 0.368. The Morgan fingerprint density at radius 2 is 1.88 bits per heavy atom. The SMILES string of the molecule is COc1ccc(NC(=O)C(=O)NCC2(c3cccs3)CCOCC2)cc1. The number of anilines is 1. The standard InChI is InChI=1S/C19H22N2O4S/c1-24-15-6-4-14(5-7-15)21-18(23)17(22)20-13-19(8-10-25-11-9-19)16-3-2-12-26-16/h2-7,12H,8-11,13H2,1H3,(H,20,22)(H,21,23). The first-order valence-corrected chi connectivity index (χ1v) is 9.36. The van der Waals surface area contributed by atoms with Crippen molar-refractivity contribution in [3.63, 3.8) is 0 Å². The van der Waals surface area contributed by atoms with Crippen molar-refractivity contribution in [1.82, 2.24) is 5.32 Å². The van der Waals surface area contributed by atoms with Crippen LogP contribution in [0.3, 0.4) is 0 Å². The molecule has 26 heavy (non-hydrogen) atoms. The normalized spacial score (nSPS) is 15.9. The molecule has 1 aliphatic rings. The highest BCUT2D eigenvalue weighted by Gasteiger charge is 2.36. The van der Waals surface area contributed by atoms with Crippen LogP contribution >= 0.6 is 11.3 Å². The number of carbonyl (C=O) groups excluding carboxylic acids is 2. The Balaban J connectivity index is 1.60. The fourth-order valence-corrected chi connectivity index (χ4v) is 4.03. The van der Waals surface area contributed by atoms with Crippen molar-refractivity contribution in [3.05, 3.63) is 46.7 Å². The van der Waals surface area contributed by atoms with Gasteiger partial charge in [-0.05, 0) is 48.6 Å². The first kappa shape index (κ1) is 18.4. The number of hydrogen-bond acceptors (Lipinski definition) is 5. The molecule has 0 spiro atoms. The second-order valence-electron chi connectivity index (χ2n) is 6.24. The lowest BCUT2D eigenvalue weighted by atomic mass is 9.78. The lowest BCUT2D eigenvalue weighted by molar-refractivity contribution is -0.136. The molecular formula is C19H22N2O4S. The van der Waals surface area contributed by atoms with Crippen LogP contribution in [0.4, 0.5) is 5.69 Å². The van der Waals surface area contributed by atoms with Gasteiger partial charge in [0.05, 0.1) is 7.11 Å². The van der Waals surface area contributed by atoms with Crippen LogP contribution in [0.2, 0.25) is 0 Å². The summed E-state index contributed by atoms with van der Waals surface area (Å²) in [6.07, 6.45) is 1.65. The van der Waals surface area contributed by atoms with Gasteiger partial charge >= 0.3 is 11.8 Å². The largest absolute Gasteiger partial charge is 0.497 e. The number of rotatable bonds is 5. The third-order valence-electron chi connectivity index (χ3n) is 4.64. The molecule has 1 aromatic heterocycles. The molecule has 0 saturated carbocycles. The number of benzene rings is 1. The summed E-state index contributed by atoms with van der Waals surface area (Å²) in [7, 11) is 1.57. The number of ether oxygens (including phenoxy) is 2. The highest BCUT2D eigenvalue weighted by atomic mass is 32.1. The van der Waals surface area contributed by atoms with E-state index in [1.807, 2.05) is 11.4 Å². The molecule has 1 aromatic carbocycles. The Morgan fingerprint density at radius 1 is 1.15 bits per heavy atom. The Labute approximate surface area is 156 Å². The number of carbonyl (C=O) groups is 2. The Bertz CT molecular complexity index is 737. The van der Waals surface area contributed by atoms with Crippen LogP contribution in [-0.4, -0.2) is 38.7 Å². The topological polar surface area (TPSA) is 76.7 Å². The van der Waals surface area contributed by atoms with Gasteiger partial charge in [-0.15, -0.1) is 11.3 Å². The molecule has 138 valence electrons. The summed E-state index contributed by atoms with van der Waals surface area (Å²) in [5.41, 5.74) is 0.382. The van der Waals surface area contributed by atoms with Crippen molar-refractivity contribution >= 4 is 28.8 Å². The molecule has 2 aromatic rings. The zero-order valence-electron chi connectivity index (χ0n) is 14.6. The van der Waals surface area contributed by atoms with Gasteiger partial charge in [0.2, 0.25) is 0 Å². The Kier molecular flexibility index (Phi) is 5.90. The van der Waals surface area contributed by atoms with E-state index in [-0.39, 0.29) is 5.41 Å². The molecule has 0 unspecified atom stereocenters. The third-order valence-corrected chi connectivity index (χ3v) is 5.75. The average molecular weight is 374 g/mol. The van der Waals surface area contributed by atoms with Gasteiger partial charge in [-0.25, -0.2) is 0 Å². The van der Waals surface area contributed by atoms with Crippen LogP contribution in [0.1, 0.15) is 17.7 Å². The highest BCUT2D eigenvalue weighted by Crippen LogP contribution is 2.36. The van der Waals surface area contributed by atoms with E-state index in [1.165, 1.54) is 4.88 Å². The lowest BCUT2D eigenvalue weighted by Gasteiger charge is -2.36. The molecule has 1 fully saturated rings. The van der Waals surface area contributed by atoms with E-state index in [0.717, 1.165) is 12.8 Å². The minimum atomic E-state index is -0.677. The molecule has 7 heteroatoms. The van der Waals surface area contributed by atoms with Gasteiger partial charge in [0.15, 0.2) is 0 Å². The summed E-state index contributed by atoms with van der Waals surface area (Å²) >= 11 is 1.68. The molecule has 2 heterocycles. The molecule has 1 saturated heterocycles. The van der Waals surface area contributed by atoms with E-state index >= 15 is 0 Å². The van der Waals surface area contributed by atoms with Crippen molar-refractivity contribution in [2.45, 2.75) is 18.3 Å². The first-order chi connectivity index (χ1) is 12.6. The van der Waals surface area contributed by atoms with Crippen molar-refractivity contribution < 1.29 is 19.1 Å². The van der Waals surface area contributed by atoms with E-state index in [4.69, 9.17) is 9.47 Å². The van der Waals surface area contributed by atoms with Gasteiger partial charge in [0.25, 0.3) is 0 Å². The Morgan fingerprint density at radius 3 is 2.50 bits per heavy atom. The zero-order chi connectivity index (χ0) is 18.4. The molecule has 3 rings (SSSR count). The molecule has 2 amide bonds. The number of thiophene rings is 1. The minimum Gasteiger partial charge on any atom is -0.497 e. The maximum Gasteiger partial charge on any atom is 0.313 e. The van der Waals surface area contributed by atoms with E-state index in [0.29, 0.717) is 31.2 Å². The molecule has 0 bridgehead atoms. The van der Waals surface area contributed by atoms with Crippen LogP contribution in [0.25, 0.3) is 0 Å². The molecular weight excluding hydrogens is 352 g/mol. The molecule has 0 atom stereocenters. The van der Waals surface area contributed by atoms with E-state index in [9.17, 15) is 9.59 Å². The van der Waals surface area contributed by atoms with Gasteiger partial charge in [-0.3, -0.25) is 9.59 Å². The summed E-state index contributed by atoms with van der Waals surface area (Å²) in [5.74, 6) is -0.628. The van der Waals surface area contributed by atoms with E-state index < -0.39 is 11.8 Å². The number of methoxy groups -OCH3 is 1. The molecule has 6 nitrogen and oxygen atoms in total. The number of nitrogens with one attached hydrogen (secondary N) is 2. The first-order valence-electron chi connectivity index (χ1n) is 8.48. The minimum absolute atomic E-state index is 0.164. The van der Waals surface area contributed by atoms with Crippen LogP contribution in [0, 0.1) is 0 Å². The summed E-state index contributed by atoms with van der Waals surface area (Å²) in [5, 5.41) is 7.43. The number of hydrogen-bond donors (Lipinski definition) is 2. The average Bonchev–Trinajstić information content (AvgIpc) is 3.23. The summed E-state index contributed by atoms with van der Waals surface area (Å²) in [6.45, 7) is 1.74. The second-order valence-corrected chi connectivity index (χ2v) is 7.18. The van der Waals surface area contributed by atoms with Crippen LogP contribution < -0.4 is 15.4 Å². The van der Waals surface area contributed by atoms with Crippen molar-refractivity contribution in [2.75, 3.05) is 32.2 Å². The van der Waals surface area contributed by atoms with Gasteiger partial charge in [0.1, 0.15) is 5.75 Å². The van der Waals surface area contributed by atoms with E-state index in [2.05, 4.69) is 16.7 Å². The molecule has 0 aliphatic carbocycles. The van der Waals surface area contributed by atoms with Crippen LogP contribution in [-0.2, 0) is 19.7 Å². The smallest absolute Gasteiger partial charge is 0.313 e. The number of amides is 2. The fourth-order valence-electron chi connectivity index (χ4n) is 3.04. The molecule has 2 N–H and O–H groups in total. The van der Waals surface area contributed by atoms with Crippen LogP contribution in [0.15, 0.2) is 41.8 Å². The maximum atomic E-state index is 12.2. The molecule has 1 aliphatic heterocycles. The van der Waals surface area contributed by atoms with Crippen LogP contribution in [0.5, 0.6) is 5.75 Å². The van der Waals surface area contributed by atoms with Gasteiger partial charge in [-0.1, -0.05) is 6.07 Å². The second kappa shape index (κ2) is 8.33. The molecule has 0 radical (unpaired) electrons. The summed E-state index contributed by atoms with van der Waals surface area (Å²) in [6, 6.07) is 10.9. The third kappa shape index (κ3) is 4.23. The maximum absolute atomic E-state index is 12.2. The van der Waals surface area contributed by atoms with Gasteiger partial charge < -0.3 is 20.1 Å².